The van der Waals surface area contributed by atoms with Crippen LogP contribution >= 0.6 is 8.03 Å². The molecule has 10 heavy (non-hydrogen) atoms. The molecule has 1 unspecified atom stereocenters. The molecule has 1 atom stereocenters. The van der Waals surface area contributed by atoms with Crippen LogP contribution in [0.3, 0.4) is 0 Å². The zero-order chi connectivity index (χ0) is 7.98. The summed E-state index contributed by atoms with van der Waals surface area (Å²) in [5, 5.41) is 0. The van der Waals surface area contributed by atoms with Crippen molar-refractivity contribution in [3.05, 3.63) is 0 Å². The molecule has 1 N–H and O–H groups in total. The Balaban J connectivity index is 2.98. The lowest BCUT2D eigenvalue weighted by Gasteiger charge is -1.99. The van der Waals surface area contributed by atoms with E-state index in [1.165, 1.54) is 6.42 Å². The highest BCUT2D eigenvalue weighted by Gasteiger charge is 2.07. The van der Waals surface area contributed by atoms with Crippen LogP contribution < -0.4 is 0 Å². The molecule has 0 aliphatic carbocycles. The molecule has 60 valence electrons. The quantitative estimate of drug-likeness (QED) is 0.499. The second-order valence-electron chi connectivity index (χ2n) is 2.97. The van der Waals surface area contributed by atoms with Gasteiger partial charge < -0.3 is 0 Å². The first-order valence-electron chi connectivity index (χ1n) is 3.76. The molecule has 0 aromatic heterocycles. The van der Waals surface area contributed by atoms with Crippen molar-refractivity contribution >= 4 is 8.03 Å². The Morgan fingerprint density at radius 3 is 2.40 bits per heavy atom. The second-order valence-corrected chi connectivity index (χ2v) is 4.12. The van der Waals surface area contributed by atoms with Crippen molar-refractivity contribution in [3.8, 4) is 0 Å². The second kappa shape index (κ2) is 5.82. The first-order chi connectivity index (χ1) is 4.63. The number of hydrogen-bond acceptors (Lipinski definition) is 1. The maximum atomic E-state index is 10.2. The highest BCUT2D eigenvalue weighted by molar-refractivity contribution is 7.37. The Hall–Kier alpha value is 0.0600. The van der Waals surface area contributed by atoms with E-state index in [9.17, 15) is 4.57 Å². The molecule has 2 nitrogen and oxygen atoms in total. The smallest absolute Gasteiger partial charge is 0.161 e. The molecule has 0 radical (unpaired) electrons. The Kier molecular flexibility index (Phi) is 5.85. The van der Waals surface area contributed by atoms with Crippen LogP contribution in [0.2, 0.25) is 0 Å². The van der Waals surface area contributed by atoms with Crippen LogP contribution in [0.4, 0.5) is 0 Å². The van der Waals surface area contributed by atoms with E-state index >= 15 is 0 Å². The largest absolute Gasteiger partial charge is 0.505 e. The van der Waals surface area contributed by atoms with Gasteiger partial charge in [-0.3, -0.25) is 0 Å². The van der Waals surface area contributed by atoms with Crippen molar-refractivity contribution in [1.29, 1.82) is 0 Å². The molecule has 0 fully saturated rings. The molecule has 0 aliphatic heterocycles. The topological polar surface area (TPSA) is 37.3 Å². The lowest BCUT2D eigenvalue weighted by molar-refractivity contribution is 0.494. The highest BCUT2D eigenvalue weighted by atomic mass is 31.1. The lowest BCUT2D eigenvalue weighted by Crippen LogP contribution is -1.87. The van der Waals surface area contributed by atoms with Crippen molar-refractivity contribution in [3.63, 3.8) is 0 Å². The molecule has 0 aliphatic rings. The van der Waals surface area contributed by atoms with Crippen LogP contribution in [0.5, 0.6) is 0 Å². The summed E-state index contributed by atoms with van der Waals surface area (Å²) in [6.07, 6.45) is 3.62. The minimum absolute atomic E-state index is 0.474. The van der Waals surface area contributed by atoms with Gasteiger partial charge in [0.2, 0.25) is 0 Å². The summed E-state index contributed by atoms with van der Waals surface area (Å²) in [5.74, 6) is 0.719. The van der Waals surface area contributed by atoms with E-state index in [1.54, 1.807) is 0 Å². The molecule has 0 aromatic rings. The first kappa shape index (κ1) is 10.1. The Morgan fingerprint density at radius 1 is 1.40 bits per heavy atom. The van der Waals surface area contributed by atoms with Gasteiger partial charge in [-0.2, -0.15) is 4.89 Å². The molecule has 0 aromatic carbocycles. The standard InChI is InChI=1S/C7H15O2P/c1-7(2)5-3-4-6-10(8)9/h7H,3-6H2,1-2H3/p+1. The van der Waals surface area contributed by atoms with Crippen LogP contribution in [-0.2, 0) is 4.57 Å². The molecule has 0 rings (SSSR count). The fraction of sp³-hybridized carbons (Fsp3) is 1.00. The van der Waals surface area contributed by atoms with Gasteiger partial charge in [-0.1, -0.05) is 20.3 Å². The predicted molar refractivity (Wildman–Crippen MR) is 43.4 cm³/mol. The molecular formula is C7H16O2P+. The van der Waals surface area contributed by atoms with Gasteiger partial charge in [-0.05, 0) is 23.3 Å². The van der Waals surface area contributed by atoms with Crippen LogP contribution in [0.15, 0.2) is 0 Å². The van der Waals surface area contributed by atoms with Gasteiger partial charge in [-0.25, -0.2) is 0 Å². The fourth-order valence-electron chi connectivity index (χ4n) is 0.800. The normalized spacial score (nSPS) is 12.2. The van der Waals surface area contributed by atoms with Gasteiger partial charge in [0, 0.05) is 0 Å². The lowest BCUT2D eigenvalue weighted by atomic mass is 10.1. The minimum Gasteiger partial charge on any atom is -0.161 e. The monoisotopic (exact) mass is 163 g/mol. The van der Waals surface area contributed by atoms with Gasteiger partial charge in [-0.15, -0.1) is 0 Å². The van der Waals surface area contributed by atoms with Gasteiger partial charge in [0.05, 0.1) is 0 Å². The Bertz CT molecular complexity index is 102. The number of rotatable bonds is 5. The predicted octanol–water partition coefficient (Wildman–Crippen LogP) is 2.55. The molecule has 0 heterocycles. The van der Waals surface area contributed by atoms with Gasteiger partial charge >= 0.3 is 8.03 Å². The molecule has 0 spiro atoms. The molecule has 0 amide bonds. The zero-order valence-corrected chi connectivity index (χ0v) is 7.60. The van der Waals surface area contributed by atoms with Gasteiger partial charge in [0.25, 0.3) is 0 Å². The van der Waals surface area contributed by atoms with Crippen molar-refractivity contribution in [2.75, 3.05) is 6.16 Å². The van der Waals surface area contributed by atoms with E-state index in [1.807, 2.05) is 0 Å². The zero-order valence-electron chi connectivity index (χ0n) is 6.71. The van der Waals surface area contributed by atoms with Crippen molar-refractivity contribution in [2.24, 2.45) is 5.92 Å². The van der Waals surface area contributed by atoms with Crippen molar-refractivity contribution in [1.82, 2.24) is 0 Å². The summed E-state index contributed by atoms with van der Waals surface area (Å²) in [7, 11) is -1.88. The molecular weight excluding hydrogens is 147 g/mol. The van der Waals surface area contributed by atoms with Crippen LogP contribution in [0.1, 0.15) is 33.1 Å². The highest BCUT2D eigenvalue weighted by Crippen LogP contribution is 2.16. The van der Waals surface area contributed by atoms with E-state index in [0.29, 0.717) is 6.16 Å². The van der Waals surface area contributed by atoms with Crippen LogP contribution in [0.25, 0.3) is 0 Å². The summed E-state index contributed by atoms with van der Waals surface area (Å²) >= 11 is 0. The van der Waals surface area contributed by atoms with Gasteiger partial charge in [0.1, 0.15) is 0 Å². The fourth-order valence-corrected chi connectivity index (χ4v) is 1.29. The molecule has 3 heteroatoms. The van der Waals surface area contributed by atoms with E-state index in [-0.39, 0.29) is 0 Å². The molecule has 0 saturated carbocycles. The Morgan fingerprint density at radius 2 is 2.00 bits per heavy atom. The maximum absolute atomic E-state index is 10.2. The average molecular weight is 163 g/mol. The molecule has 0 saturated heterocycles. The van der Waals surface area contributed by atoms with E-state index in [4.69, 9.17) is 4.89 Å². The summed E-state index contributed by atoms with van der Waals surface area (Å²) in [5.41, 5.74) is 0. The van der Waals surface area contributed by atoms with E-state index in [0.717, 1.165) is 18.8 Å². The summed E-state index contributed by atoms with van der Waals surface area (Å²) < 4.78 is 10.2. The van der Waals surface area contributed by atoms with Gasteiger partial charge in [0.15, 0.2) is 6.16 Å². The summed E-state index contributed by atoms with van der Waals surface area (Å²) in [6.45, 7) is 4.33. The minimum atomic E-state index is -1.88. The average Bonchev–Trinajstić information content (AvgIpc) is 1.79. The Labute approximate surface area is 63.5 Å². The number of unbranched alkanes of at least 4 members (excludes halogenated alkanes) is 1. The first-order valence-corrected chi connectivity index (χ1v) is 5.16. The van der Waals surface area contributed by atoms with Crippen LogP contribution in [-0.4, -0.2) is 11.1 Å². The third-order valence-corrected chi connectivity index (χ3v) is 2.08. The SMILES string of the molecule is CC(C)CCCC[P+](=O)O. The van der Waals surface area contributed by atoms with Crippen molar-refractivity contribution in [2.45, 2.75) is 33.1 Å². The summed E-state index contributed by atoms with van der Waals surface area (Å²) in [6, 6.07) is 0. The number of hydrogen-bond donors (Lipinski definition) is 1. The summed E-state index contributed by atoms with van der Waals surface area (Å²) in [4.78, 5) is 8.43. The molecule has 0 bridgehead atoms. The van der Waals surface area contributed by atoms with Crippen molar-refractivity contribution < 1.29 is 9.46 Å². The van der Waals surface area contributed by atoms with Crippen LogP contribution in [0, 0.1) is 5.92 Å². The maximum Gasteiger partial charge on any atom is 0.505 e. The van der Waals surface area contributed by atoms with E-state index < -0.39 is 8.03 Å². The third kappa shape index (κ3) is 8.06. The third-order valence-electron chi connectivity index (χ3n) is 1.38. The van der Waals surface area contributed by atoms with E-state index in [2.05, 4.69) is 13.8 Å².